The third-order valence-corrected chi connectivity index (χ3v) is 7.24. The Morgan fingerprint density at radius 2 is 1.58 bits per heavy atom. The topological polar surface area (TPSA) is 18.5 Å². The molecule has 0 N–H and O–H groups in total. The minimum absolute atomic E-state index is 0.0406. The highest BCUT2D eigenvalue weighted by Gasteiger charge is 2.24. The molecule has 1 saturated heterocycles. The van der Waals surface area contributed by atoms with Crippen molar-refractivity contribution in [3.05, 3.63) is 89.8 Å². The molecule has 0 bridgehead atoms. The van der Waals surface area contributed by atoms with Crippen LogP contribution in [0.4, 0.5) is 13.2 Å². The molecular weight excluding hydrogens is 485 g/mol. The molecule has 2 unspecified atom stereocenters. The minimum atomic E-state index is -0.971. The molecule has 0 radical (unpaired) electrons. The van der Waals surface area contributed by atoms with Gasteiger partial charge in [-0.15, -0.1) is 0 Å². The predicted molar refractivity (Wildman–Crippen MR) is 148 cm³/mol. The maximum Gasteiger partial charge on any atom is 0.201 e. The number of benzene rings is 3. The van der Waals surface area contributed by atoms with Crippen LogP contribution in [0.25, 0.3) is 22.3 Å². The first kappa shape index (κ1) is 28.0. The van der Waals surface area contributed by atoms with Gasteiger partial charge in [0.05, 0.1) is 19.3 Å². The van der Waals surface area contributed by atoms with Crippen molar-refractivity contribution in [1.29, 1.82) is 0 Å². The zero-order chi connectivity index (χ0) is 26.9. The van der Waals surface area contributed by atoms with Crippen LogP contribution < -0.4 is 4.74 Å². The lowest BCUT2D eigenvalue weighted by Crippen LogP contribution is -2.23. The lowest BCUT2D eigenvalue weighted by molar-refractivity contribution is 0.0319. The second-order valence-corrected chi connectivity index (χ2v) is 9.99. The number of hydrogen-bond donors (Lipinski definition) is 0. The number of rotatable bonds is 11. The van der Waals surface area contributed by atoms with Gasteiger partial charge in [0, 0.05) is 11.5 Å². The van der Waals surface area contributed by atoms with Crippen molar-refractivity contribution in [1.82, 2.24) is 0 Å². The molecule has 3 aromatic carbocycles. The zero-order valence-corrected chi connectivity index (χ0v) is 22.3. The first-order valence-corrected chi connectivity index (χ1v) is 13.8. The highest BCUT2D eigenvalue weighted by atomic mass is 19.2. The first-order valence-electron chi connectivity index (χ1n) is 13.8. The van der Waals surface area contributed by atoms with E-state index >= 15 is 4.39 Å². The first-order chi connectivity index (χ1) is 18.5. The molecule has 4 rings (SSSR count). The predicted octanol–water partition coefficient (Wildman–Crippen LogP) is 9.63. The molecule has 1 aliphatic rings. The second-order valence-electron chi connectivity index (χ2n) is 9.99. The third kappa shape index (κ3) is 6.87. The van der Waals surface area contributed by atoms with E-state index in [2.05, 4.69) is 6.92 Å². The smallest absolute Gasteiger partial charge is 0.201 e. The van der Waals surface area contributed by atoms with E-state index in [0.29, 0.717) is 24.3 Å². The van der Waals surface area contributed by atoms with Gasteiger partial charge in [0.1, 0.15) is 5.82 Å². The van der Waals surface area contributed by atoms with Crippen molar-refractivity contribution >= 4 is 0 Å². The molecule has 1 fully saturated rings. The van der Waals surface area contributed by atoms with Gasteiger partial charge in [0.2, 0.25) is 5.82 Å². The van der Waals surface area contributed by atoms with Crippen LogP contribution in [0.2, 0.25) is 0 Å². The van der Waals surface area contributed by atoms with Crippen LogP contribution in [0.1, 0.15) is 70.3 Å². The quantitative estimate of drug-likeness (QED) is 0.184. The molecule has 202 valence electrons. The Hall–Kier alpha value is -3.05. The van der Waals surface area contributed by atoms with Crippen molar-refractivity contribution in [3.63, 3.8) is 0 Å². The summed E-state index contributed by atoms with van der Waals surface area (Å²) in [5.41, 5.74) is 2.92. The summed E-state index contributed by atoms with van der Waals surface area (Å²) in [7, 11) is 0. The van der Waals surface area contributed by atoms with Gasteiger partial charge in [-0.2, -0.15) is 4.39 Å². The summed E-state index contributed by atoms with van der Waals surface area (Å²) in [4.78, 5) is 0. The van der Waals surface area contributed by atoms with Gasteiger partial charge in [-0.05, 0) is 66.6 Å². The van der Waals surface area contributed by atoms with Crippen LogP contribution in [0.5, 0.6) is 5.75 Å². The van der Waals surface area contributed by atoms with E-state index in [4.69, 9.17) is 9.47 Å². The van der Waals surface area contributed by atoms with E-state index in [1.165, 1.54) is 18.6 Å². The highest BCUT2D eigenvalue weighted by molar-refractivity contribution is 5.71. The van der Waals surface area contributed by atoms with Crippen LogP contribution in [0, 0.1) is 17.5 Å². The standard InChI is InChI=1S/C33H37F3O2/c1-3-5-6-7-8-20-37-31-19-18-29(32(35)33(31)36)24-12-10-23(11-13-24)25-15-17-28(30(34)21-25)26-14-16-27(9-4-2)38-22-26/h4,9-13,15,17-19,21,26-27H,3,5-8,14,16,20,22H2,1-2H3. The average molecular weight is 523 g/mol. The van der Waals surface area contributed by atoms with E-state index in [9.17, 15) is 8.78 Å². The normalized spacial score (nSPS) is 17.7. The molecule has 3 aromatic rings. The van der Waals surface area contributed by atoms with E-state index in [0.717, 1.165) is 49.7 Å². The molecule has 1 aliphatic heterocycles. The van der Waals surface area contributed by atoms with Crippen LogP contribution in [0.15, 0.2) is 66.7 Å². The fraction of sp³-hybridized carbons (Fsp3) is 0.394. The minimum Gasteiger partial charge on any atom is -0.490 e. The van der Waals surface area contributed by atoms with Gasteiger partial charge in [0.15, 0.2) is 11.6 Å². The molecule has 0 saturated carbocycles. The molecule has 38 heavy (non-hydrogen) atoms. The van der Waals surface area contributed by atoms with Gasteiger partial charge >= 0.3 is 0 Å². The van der Waals surface area contributed by atoms with Gasteiger partial charge < -0.3 is 9.47 Å². The molecule has 0 aliphatic carbocycles. The number of unbranched alkanes of at least 4 members (excludes halogenated alkanes) is 4. The van der Waals surface area contributed by atoms with E-state index in [1.54, 1.807) is 30.3 Å². The lowest BCUT2D eigenvalue weighted by atomic mass is 9.89. The summed E-state index contributed by atoms with van der Waals surface area (Å²) < 4.78 is 55.9. The molecule has 2 atom stereocenters. The Morgan fingerprint density at radius 3 is 2.26 bits per heavy atom. The Morgan fingerprint density at radius 1 is 0.842 bits per heavy atom. The Balaban J connectivity index is 1.41. The van der Waals surface area contributed by atoms with Crippen molar-refractivity contribution < 1.29 is 22.6 Å². The summed E-state index contributed by atoms with van der Waals surface area (Å²) in [6, 6.07) is 15.4. The number of allylic oxidation sites excluding steroid dienone is 1. The lowest BCUT2D eigenvalue weighted by Gasteiger charge is -2.28. The number of hydrogen-bond acceptors (Lipinski definition) is 2. The largest absolute Gasteiger partial charge is 0.490 e. The zero-order valence-electron chi connectivity index (χ0n) is 22.3. The average Bonchev–Trinajstić information content (AvgIpc) is 2.94. The molecule has 0 aromatic heterocycles. The van der Waals surface area contributed by atoms with Crippen molar-refractivity contribution in [2.45, 2.75) is 70.8 Å². The molecule has 5 heteroatoms. The summed E-state index contributed by atoms with van der Waals surface area (Å²) >= 11 is 0. The molecular formula is C33H37F3O2. The summed E-state index contributed by atoms with van der Waals surface area (Å²) in [5.74, 6) is -2.17. The van der Waals surface area contributed by atoms with Gasteiger partial charge in [-0.3, -0.25) is 0 Å². The molecule has 1 heterocycles. The van der Waals surface area contributed by atoms with Gasteiger partial charge in [-0.25, -0.2) is 8.78 Å². The SMILES string of the molecule is CC=CC1CCC(c2ccc(-c3ccc(-c4ccc(OCCCCCCC)c(F)c4F)cc3)cc2F)CO1. The van der Waals surface area contributed by atoms with Crippen molar-refractivity contribution in [2.75, 3.05) is 13.2 Å². The maximum absolute atomic E-state index is 15.0. The highest BCUT2D eigenvalue weighted by Crippen LogP contribution is 2.34. The van der Waals surface area contributed by atoms with Gasteiger partial charge in [0.25, 0.3) is 0 Å². The third-order valence-electron chi connectivity index (χ3n) is 7.24. The second kappa shape index (κ2) is 13.7. The molecule has 0 spiro atoms. The Labute approximate surface area is 224 Å². The van der Waals surface area contributed by atoms with Crippen LogP contribution in [-0.2, 0) is 4.74 Å². The van der Waals surface area contributed by atoms with Crippen LogP contribution >= 0.6 is 0 Å². The van der Waals surface area contributed by atoms with Crippen molar-refractivity contribution in [3.8, 4) is 28.0 Å². The molecule has 0 amide bonds. The summed E-state index contributed by atoms with van der Waals surface area (Å²) in [5, 5.41) is 0. The molecule has 2 nitrogen and oxygen atoms in total. The Kier molecular flexibility index (Phi) is 10.1. The van der Waals surface area contributed by atoms with E-state index in [-0.39, 0.29) is 29.2 Å². The van der Waals surface area contributed by atoms with Crippen LogP contribution in [0.3, 0.4) is 0 Å². The van der Waals surface area contributed by atoms with Crippen molar-refractivity contribution in [2.24, 2.45) is 0 Å². The fourth-order valence-corrected chi connectivity index (χ4v) is 5.02. The maximum atomic E-state index is 15.0. The summed E-state index contributed by atoms with van der Waals surface area (Å²) in [6.45, 7) is 4.99. The fourth-order valence-electron chi connectivity index (χ4n) is 5.02. The van der Waals surface area contributed by atoms with E-state index in [1.807, 2.05) is 31.2 Å². The monoisotopic (exact) mass is 522 g/mol. The number of halogens is 3. The number of ether oxygens (including phenoxy) is 2. The van der Waals surface area contributed by atoms with E-state index < -0.39 is 11.6 Å². The Bertz CT molecular complexity index is 1210. The van der Waals surface area contributed by atoms with Crippen LogP contribution in [-0.4, -0.2) is 19.3 Å². The summed E-state index contributed by atoms with van der Waals surface area (Å²) in [6.07, 6.45) is 11.2. The van der Waals surface area contributed by atoms with Gasteiger partial charge in [-0.1, -0.05) is 81.2 Å².